The summed E-state index contributed by atoms with van der Waals surface area (Å²) in [7, 11) is -3.17. The van der Waals surface area contributed by atoms with Crippen LogP contribution in [-0.4, -0.2) is 81.0 Å². The van der Waals surface area contributed by atoms with Gasteiger partial charge in [-0.15, -0.1) is 0 Å². The van der Waals surface area contributed by atoms with Crippen LogP contribution in [0.4, 0.5) is 0 Å². The van der Waals surface area contributed by atoms with Gasteiger partial charge in [-0.05, 0) is 20.8 Å². The van der Waals surface area contributed by atoms with Gasteiger partial charge in [0.15, 0.2) is 0 Å². The standard InChI is InChI=1S/C13H26N2O4S/c1-4-20(16,17)15-6-8-19-13(10-15)9-14(12(2)3)5-7-18-11-13/h12H,4-11H2,1-3H3/t13-/m1/s1. The number of hydrogen-bond acceptors (Lipinski definition) is 5. The van der Waals surface area contributed by atoms with E-state index in [-0.39, 0.29) is 5.75 Å². The SMILES string of the molecule is CCS(=O)(=O)N1CCO[C@@]2(COCCN(C(C)C)C2)C1. The number of hydrogen-bond donors (Lipinski definition) is 0. The number of ether oxygens (including phenoxy) is 2. The fourth-order valence-corrected chi connectivity index (χ4v) is 3.94. The van der Waals surface area contributed by atoms with E-state index in [2.05, 4.69) is 18.7 Å². The molecule has 2 heterocycles. The lowest BCUT2D eigenvalue weighted by molar-refractivity contribution is -0.127. The quantitative estimate of drug-likeness (QED) is 0.743. The molecule has 0 N–H and O–H groups in total. The number of rotatable bonds is 3. The fraction of sp³-hybridized carbons (Fsp3) is 1.00. The molecule has 2 aliphatic heterocycles. The van der Waals surface area contributed by atoms with Crippen LogP contribution in [0.2, 0.25) is 0 Å². The van der Waals surface area contributed by atoms with Crippen LogP contribution < -0.4 is 0 Å². The van der Waals surface area contributed by atoms with E-state index >= 15 is 0 Å². The Balaban J connectivity index is 2.15. The first-order chi connectivity index (χ1) is 9.38. The zero-order valence-electron chi connectivity index (χ0n) is 12.7. The van der Waals surface area contributed by atoms with E-state index in [1.807, 2.05) is 0 Å². The van der Waals surface area contributed by atoms with Crippen LogP contribution in [-0.2, 0) is 19.5 Å². The van der Waals surface area contributed by atoms with Crippen LogP contribution in [0, 0.1) is 0 Å². The van der Waals surface area contributed by atoms with Crippen LogP contribution in [0.1, 0.15) is 20.8 Å². The van der Waals surface area contributed by atoms with E-state index in [0.717, 1.165) is 13.1 Å². The second-order valence-electron chi connectivity index (χ2n) is 5.88. The molecule has 0 saturated carbocycles. The molecule has 2 aliphatic rings. The first-order valence-electron chi connectivity index (χ1n) is 7.32. The highest BCUT2D eigenvalue weighted by Gasteiger charge is 2.43. The fourth-order valence-electron chi connectivity index (χ4n) is 2.79. The summed E-state index contributed by atoms with van der Waals surface area (Å²) in [6, 6.07) is 0.398. The topological polar surface area (TPSA) is 59.1 Å². The summed E-state index contributed by atoms with van der Waals surface area (Å²) in [5.74, 6) is 0.137. The molecule has 2 fully saturated rings. The van der Waals surface area contributed by atoms with Crippen LogP contribution in [0.5, 0.6) is 0 Å². The summed E-state index contributed by atoms with van der Waals surface area (Å²) in [4.78, 5) is 2.30. The Kier molecular flexibility index (Phi) is 5.07. The van der Waals surface area contributed by atoms with Crippen LogP contribution >= 0.6 is 0 Å². The van der Waals surface area contributed by atoms with Crippen molar-refractivity contribution in [2.75, 3.05) is 51.8 Å². The minimum Gasteiger partial charge on any atom is -0.377 e. The van der Waals surface area contributed by atoms with E-state index in [0.29, 0.717) is 39.0 Å². The van der Waals surface area contributed by atoms with Crippen molar-refractivity contribution >= 4 is 10.0 Å². The van der Waals surface area contributed by atoms with E-state index in [9.17, 15) is 8.42 Å². The molecule has 2 rings (SSSR count). The first-order valence-corrected chi connectivity index (χ1v) is 8.93. The Bertz CT molecular complexity index is 426. The van der Waals surface area contributed by atoms with Gasteiger partial charge in [-0.3, -0.25) is 4.90 Å². The zero-order valence-corrected chi connectivity index (χ0v) is 13.5. The summed E-state index contributed by atoms with van der Waals surface area (Å²) < 4.78 is 37.4. The molecule has 2 saturated heterocycles. The van der Waals surface area contributed by atoms with Crippen molar-refractivity contribution in [2.24, 2.45) is 0 Å². The largest absolute Gasteiger partial charge is 0.377 e. The lowest BCUT2D eigenvalue weighted by Gasteiger charge is -2.43. The van der Waals surface area contributed by atoms with Crippen LogP contribution in [0.3, 0.4) is 0 Å². The maximum atomic E-state index is 12.1. The van der Waals surface area contributed by atoms with Crippen molar-refractivity contribution < 1.29 is 17.9 Å². The minimum absolute atomic E-state index is 0.137. The van der Waals surface area contributed by atoms with Crippen LogP contribution in [0.15, 0.2) is 0 Å². The molecule has 20 heavy (non-hydrogen) atoms. The average Bonchev–Trinajstić information content (AvgIpc) is 2.62. The summed E-state index contributed by atoms with van der Waals surface area (Å²) >= 11 is 0. The Morgan fingerprint density at radius 2 is 1.95 bits per heavy atom. The van der Waals surface area contributed by atoms with E-state index in [1.165, 1.54) is 0 Å². The normalized spacial score (nSPS) is 30.8. The number of morpholine rings is 1. The highest BCUT2D eigenvalue weighted by molar-refractivity contribution is 7.89. The molecule has 0 unspecified atom stereocenters. The van der Waals surface area contributed by atoms with E-state index < -0.39 is 15.6 Å². The van der Waals surface area contributed by atoms with Gasteiger partial charge in [0.05, 0.1) is 25.6 Å². The van der Waals surface area contributed by atoms with Gasteiger partial charge in [-0.25, -0.2) is 8.42 Å². The van der Waals surface area contributed by atoms with Crippen molar-refractivity contribution in [1.82, 2.24) is 9.21 Å². The van der Waals surface area contributed by atoms with Crippen molar-refractivity contribution in [3.05, 3.63) is 0 Å². The van der Waals surface area contributed by atoms with Crippen molar-refractivity contribution in [3.63, 3.8) is 0 Å². The molecule has 0 aliphatic carbocycles. The molecule has 0 aromatic heterocycles. The smallest absolute Gasteiger partial charge is 0.214 e. The Morgan fingerprint density at radius 3 is 2.60 bits per heavy atom. The molecule has 0 bridgehead atoms. The van der Waals surface area contributed by atoms with Crippen LogP contribution in [0.25, 0.3) is 0 Å². The van der Waals surface area contributed by atoms with E-state index in [4.69, 9.17) is 9.47 Å². The van der Waals surface area contributed by atoms with Gasteiger partial charge in [-0.2, -0.15) is 4.31 Å². The molecular weight excluding hydrogens is 280 g/mol. The third-order valence-corrected chi connectivity index (χ3v) is 5.91. The van der Waals surface area contributed by atoms with Crippen molar-refractivity contribution in [2.45, 2.75) is 32.4 Å². The summed E-state index contributed by atoms with van der Waals surface area (Å²) in [6.45, 7) is 9.96. The molecule has 0 aromatic rings. The highest BCUT2D eigenvalue weighted by atomic mass is 32.2. The van der Waals surface area contributed by atoms with Gasteiger partial charge in [0, 0.05) is 32.2 Å². The molecule has 0 amide bonds. The average molecular weight is 306 g/mol. The third kappa shape index (κ3) is 3.51. The molecule has 1 atom stereocenters. The third-order valence-electron chi connectivity index (χ3n) is 4.08. The first kappa shape index (κ1) is 16.2. The molecule has 7 heteroatoms. The lowest BCUT2D eigenvalue weighted by Crippen LogP contribution is -2.60. The molecule has 0 radical (unpaired) electrons. The molecule has 1 spiro atoms. The van der Waals surface area contributed by atoms with Gasteiger partial charge in [0.1, 0.15) is 5.60 Å². The van der Waals surface area contributed by atoms with Crippen molar-refractivity contribution in [3.8, 4) is 0 Å². The Labute approximate surface area is 122 Å². The monoisotopic (exact) mass is 306 g/mol. The van der Waals surface area contributed by atoms with Gasteiger partial charge in [0.25, 0.3) is 0 Å². The molecular formula is C13H26N2O4S. The summed E-state index contributed by atoms with van der Waals surface area (Å²) in [6.07, 6.45) is 0. The second-order valence-corrected chi connectivity index (χ2v) is 8.14. The summed E-state index contributed by atoms with van der Waals surface area (Å²) in [5.41, 5.74) is -0.527. The highest BCUT2D eigenvalue weighted by Crippen LogP contribution is 2.25. The maximum Gasteiger partial charge on any atom is 0.214 e. The lowest BCUT2D eigenvalue weighted by atomic mass is 10.0. The molecule has 0 aromatic carbocycles. The predicted molar refractivity (Wildman–Crippen MR) is 77.2 cm³/mol. The molecule has 6 nitrogen and oxygen atoms in total. The summed E-state index contributed by atoms with van der Waals surface area (Å²) in [5, 5.41) is 0. The van der Waals surface area contributed by atoms with Crippen molar-refractivity contribution in [1.29, 1.82) is 0 Å². The van der Waals surface area contributed by atoms with Gasteiger partial charge >= 0.3 is 0 Å². The number of sulfonamides is 1. The Hall–Kier alpha value is -0.210. The van der Waals surface area contributed by atoms with Gasteiger partial charge < -0.3 is 9.47 Å². The van der Waals surface area contributed by atoms with Gasteiger partial charge in [-0.1, -0.05) is 0 Å². The minimum atomic E-state index is -3.17. The van der Waals surface area contributed by atoms with E-state index in [1.54, 1.807) is 11.2 Å². The Morgan fingerprint density at radius 1 is 1.20 bits per heavy atom. The second kappa shape index (κ2) is 6.27. The number of nitrogens with zero attached hydrogens (tertiary/aromatic N) is 2. The van der Waals surface area contributed by atoms with Gasteiger partial charge in [0.2, 0.25) is 10.0 Å². The predicted octanol–water partition coefficient (Wildman–Crippen LogP) is 0.148. The zero-order chi connectivity index (χ0) is 14.8. The molecule has 118 valence electrons. The maximum absolute atomic E-state index is 12.1.